The van der Waals surface area contributed by atoms with Crippen LogP contribution in [0.3, 0.4) is 0 Å². The molecule has 0 spiro atoms. The molecule has 1 saturated heterocycles. The normalized spacial score (nSPS) is 16.5. The largest absolute Gasteiger partial charge is 0.369 e. The number of rotatable bonds is 4. The Morgan fingerprint density at radius 2 is 1.84 bits per heavy atom. The number of aromatic nitrogens is 1. The van der Waals surface area contributed by atoms with Crippen LogP contribution in [-0.2, 0) is 0 Å². The fourth-order valence-corrected chi connectivity index (χ4v) is 3.07. The minimum absolute atomic E-state index is 0.191. The molecule has 132 valence electrons. The summed E-state index contributed by atoms with van der Waals surface area (Å²) in [6.07, 6.45) is 3.16. The fourth-order valence-electron chi connectivity index (χ4n) is 3.07. The number of carbonyl (C=O) groups excluding carboxylic acids is 1. The number of benzene rings is 1. The van der Waals surface area contributed by atoms with E-state index < -0.39 is 0 Å². The molecule has 1 aromatic heterocycles. The molecule has 2 heterocycles. The van der Waals surface area contributed by atoms with Gasteiger partial charge in [0.1, 0.15) is 5.82 Å². The Morgan fingerprint density at radius 1 is 1.16 bits per heavy atom. The average Bonchev–Trinajstić information content (AvgIpc) is 2.63. The lowest BCUT2D eigenvalue weighted by atomic mass is 10.0. The first-order valence-corrected chi connectivity index (χ1v) is 8.48. The van der Waals surface area contributed by atoms with E-state index in [1.54, 1.807) is 24.5 Å². The van der Waals surface area contributed by atoms with Gasteiger partial charge < -0.3 is 15.1 Å². The molecule has 1 unspecified atom stereocenters. The minimum atomic E-state index is -0.300. The quantitative estimate of drug-likeness (QED) is 0.927. The standard InChI is InChI=1S/C19H23FN4O/c1-14(22-19(25)15-5-7-21-8-6-15)17-13-16(20)3-4-18(17)24-11-9-23(2)10-12-24/h3-8,13-14H,9-12H2,1-2H3,(H,22,25). The van der Waals surface area contributed by atoms with Gasteiger partial charge in [0.15, 0.2) is 0 Å². The highest BCUT2D eigenvalue weighted by Gasteiger charge is 2.21. The van der Waals surface area contributed by atoms with Crippen LogP contribution in [0.1, 0.15) is 28.9 Å². The van der Waals surface area contributed by atoms with Gasteiger partial charge in [-0.2, -0.15) is 0 Å². The summed E-state index contributed by atoms with van der Waals surface area (Å²) in [5.74, 6) is -0.485. The number of nitrogens with zero attached hydrogens (tertiary/aromatic N) is 3. The van der Waals surface area contributed by atoms with Gasteiger partial charge in [0, 0.05) is 55.4 Å². The monoisotopic (exact) mass is 342 g/mol. The number of nitrogens with one attached hydrogen (secondary N) is 1. The molecule has 1 atom stereocenters. The molecule has 1 aliphatic rings. The Morgan fingerprint density at radius 3 is 2.52 bits per heavy atom. The summed E-state index contributed by atoms with van der Waals surface area (Å²) in [4.78, 5) is 20.8. The van der Waals surface area contributed by atoms with E-state index in [2.05, 4.69) is 27.1 Å². The van der Waals surface area contributed by atoms with Crippen LogP contribution in [-0.4, -0.2) is 49.0 Å². The summed E-state index contributed by atoms with van der Waals surface area (Å²) >= 11 is 0. The molecule has 0 aliphatic carbocycles. The number of piperazine rings is 1. The van der Waals surface area contributed by atoms with E-state index in [-0.39, 0.29) is 17.8 Å². The maximum Gasteiger partial charge on any atom is 0.251 e. The van der Waals surface area contributed by atoms with Crippen LogP contribution < -0.4 is 10.2 Å². The van der Waals surface area contributed by atoms with Crippen molar-refractivity contribution in [1.29, 1.82) is 0 Å². The molecule has 0 bridgehead atoms. The molecule has 0 saturated carbocycles. The van der Waals surface area contributed by atoms with Crippen molar-refractivity contribution in [3.05, 3.63) is 59.7 Å². The van der Waals surface area contributed by atoms with E-state index in [1.165, 1.54) is 12.1 Å². The second kappa shape index (κ2) is 7.61. The number of anilines is 1. The van der Waals surface area contributed by atoms with E-state index >= 15 is 0 Å². The summed E-state index contributed by atoms with van der Waals surface area (Å²) in [5, 5.41) is 2.96. The highest BCUT2D eigenvalue weighted by molar-refractivity contribution is 5.94. The van der Waals surface area contributed by atoms with Gasteiger partial charge >= 0.3 is 0 Å². The lowest BCUT2D eigenvalue weighted by Crippen LogP contribution is -2.45. The van der Waals surface area contributed by atoms with Crippen LogP contribution in [0.2, 0.25) is 0 Å². The fraction of sp³-hybridized carbons (Fsp3) is 0.368. The van der Waals surface area contributed by atoms with Gasteiger partial charge in [0.05, 0.1) is 6.04 Å². The highest BCUT2D eigenvalue weighted by atomic mass is 19.1. The van der Waals surface area contributed by atoms with Crippen LogP contribution >= 0.6 is 0 Å². The molecule has 1 aromatic carbocycles. The van der Waals surface area contributed by atoms with E-state index in [1.807, 2.05) is 13.0 Å². The van der Waals surface area contributed by atoms with Gasteiger partial charge in [0.2, 0.25) is 0 Å². The second-order valence-electron chi connectivity index (χ2n) is 6.42. The van der Waals surface area contributed by atoms with Crippen molar-refractivity contribution >= 4 is 11.6 Å². The molecular weight excluding hydrogens is 319 g/mol. The second-order valence-corrected chi connectivity index (χ2v) is 6.42. The first-order chi connectivity index (χ1) is 12.0. The van der Waals surface area contributed by atoms with Gasteiger partial charge in [-0.15, -0.1) is 0 Å². The third-order valence-electron chi connectivity index (χ3n) is 4.59. The number of pyridine rings is 1. The van der Waals surface area contributed by atoms with Gasteiger partial charge in [-0.05, 0) is 44.3 Å². The summed E-state index contributed by atoms with van der Waals surface area (Å²) < 4.78 is 13.8. The molecule has 5 nitrogen and oxygen atoms in total. The summed E-state index contributed by atoms with van der Waals surface area (Å²) in [5.41, 5.74) is 2.32. The van der Waals surface area contributed by atoms with Gasteiger partial charge in [-0.3, -0.25) is 9.78 Å². The van der Waals surface area contributed by atoms with Crippen LogP contribution in [0.4, 0.5) is 10.1 Å². The third kappa shape index (κ3) is 4.14. The van der Waals surface area contributed by atoms with Crippen molar-refractivity contribution in [1.82, 2.24) is 15.2 Å². The number of likely N-dealkylation sites (N-methyl/N-ethyl adjacent to an activating group) is 1. The zero-order valence-electron chi connectivity index (χ0n) is 14.6. The van der Waals surface area contributed by atoms with Crippen LogP contribution in [0.15, 0.2) is 42.7 Å². The van der Waals surface area contributed by atoms with Gasteiger partial charge in [0.25, 0.3) is 5.91 Å². The maximum absolute atomic E-state index is 13.8. The molecule has 0 radical (unpaired) electrons. The van der Waals surface area contributed by atoms with Crippen molar-refractivity contribution < 1.29 is 9.18 Å². The van der Waals surface area contributed by atoms with Crippen molar-refractivity contribution in [2.45, 2.75) is 13.0 Å². The Balaban J connectivity index is 1.80. The Labute approximate surface area is 147 Å². The van der Waals surface area contributed by atoms with Crippen LogP contribution in [0, 0.1) is 5.82 Å². The minimum Gasteiger partial charge on any atom is -0.369 e. The van der Waals surface area contributed by atoms with Crippen molar-refractivity contribution in [3.63, 3.8) is 0 Å². The van der Waals surface area contributed by atoms with Crippen molar-refractivity contribution in [2.24, 2.45) is 0 Å². The number of halogens is 1. The van der Waals surface area contributed by atoms with E-state index in [0.29, 0.717) is 5.56 Å². The Bertz CT molecular complexity index is 729. The molecule has 25 heavy (non-hydrogen) atoms. The first kappa shape index (κ1) is 17.4. The van der Waals surface area contributed by atoms with E-state index in [4.69, 9.17) is 0 Å². The topological polar surface area (TPSA) is 48.5 Å². The lowest BCUT2D eigenvalue weighted by molar-refractivity contribution is 0.0939. The maximum atomic E-state index is 13.8. The zero-order chi connectivity index (χ0) is 17.8. The molecule has 3 rings (SSSR count). The molecule has 6 heteroatoms. The van der Waals surface area contributed by atoms with E-state index in [0.717, 1.165) is 37.4 Å². The van der Waals surface area contributed by atoms with Crippen LogP contribution in [0.25, 0.3) is 0 Å². The summed E-state index contributed by atoms with van der Waals surface area (Å²) in [6.45, 7) is 5.59. The highest BCUT2D eigenvalue weighted by Crippen LogP contribution is 2.28. The number of carbonyl (C=O) groups is 1. The smallest absolute Gasteiger partial charge is 0.251 e. The molecule has 1 fully saturated rings. The lowest BCUT2D eigenvalue weighted by Gasteiger charge is -2.36. The van der Waals surface area contributed by atoms with Gasteiger partial charge in [-0.25, -0.2) is 4.39 Å². The Kier molecular flexibility index (Phi) is 5.28. The zero-order valence-corrected chi connectivity index (χ0v) is 14.6. The molecule has 2 aromatic rings. The van der Waals surface area contributed by atoms with Crippen molar-refractivity contribution in [3.8, 4) is 0 Å². The van der Waals surface area contributed by atoms with E-state index in [9.17, 15) is 9.18 Å². The number of hydrogen-bond acceptors (Lipinski definition) is 4. The average molecular weight is 342 g/mol. The molecular formula is C19H23FN4O. The van der Waals surface area contributed by atoms with Crippen molar-refractivity contribution in [2.75, 3.05) is 38.1 Å². The number of amides is 1. The predicted octanol–water partition coefficient (Wildman–Crippen LogP) is 2.46. The van der Waals surface area contributed by atoms with Crippen LogP contribution in [0.5, 0.6) is 0 Å². The summed E-state index contributed by atoms with van der Waals surface area (Å²) in [7, 11) is 2.10. The molecule has 1 amide bonds. The summed E-state index contributed by atoms with van der Waals surface area (Å²) in [6, 6.07) is 7.83. The number of hydrogen-bond donors (Lipinski definition) is 1. The molecule has 1 N–H and O–H groups in total. The first-order valence-electron chi connectivity index (χ1n) is 8.48. The predicted molar refractivity (Wildman–Crippen MR) is 96.2 cm³/mol. The molecule has 1 aliphatic heterocycles. The van der Waals surface area contributed by atoms with Gasteiger partial charge in [-0.1, -0.05) is 0 Å². The SMILES string of the molecule is CC(NC(=O)c1ccncc1)c1cc(F)ccc1N1CCN(C)CC1. The Hall–Kier alpha value is -2.47. The third-order valence-corrected chi connectivity index (χ3v) is 4.59.